The molecule has 0 amide bonds. The van der Waals surface area contributed by atoms with Crippen molar-refractivity contribution in [2.45, 2.75) is 32.4 Å². The van der Waals surface area contributed by atoms with Gasteiger partial charge in [0.05, 0.1) is 12.1 Å². The Morgan fingerprint density at radius 2 is 2.00 bits per heavy atom. The molecule has 92 valence electrons. The number of hydrogen-bond donors (Lipinski definition) is 3. The molecule has 0 spiro atoms. The average molecular weight is 266 g/mol. The minimum atomic E-state index is -0.672. The Kier molecular flexibility index (Phi) is 6.11. The molecule has 0 aliphatic rings. The first-order valence-electron chi connectivity index (χ1n) is 4.90. The number of hydrogen-bond acceptors (Lipinski definition) is 3. The fraction of sp³-hybridized carbons (Fsp3) is 0.455. The number of halogens is 2. The molecule has 0 saturated heterocycles. The molecule has 0 fully saturated rings. The van der Waals surface area contributed by atoms with E-state index in [1.54, 1.807) is 19.1 Å². The minimum absolute atomic E-state index is 0. The quantitative estimate of drug-likeness (QED) is 0.787. The predicted octanol–water partition coefficient (Wildman–Crippen LogP) is 2.55. The molecule has 1 rings (SSSR count). The van der Waals surface area contributed by atoms with Crippen LogP contribution < -0.4 is 5.73 Å². The normalized spacial score (nSPS) is 14.1. The standard InChI is InChI=1S/C11H16ClNO2.ClH/c1-3-9(14)10(13)8-5-7(12)4-6(2)11(8)15;/h4-5,9-10,14-15H,3,13H2,1-2H3;1H/t9-,10+;/m0./s1. The second-order valence-electron chi connectivity index (χ2n) is 3.66. The van der Waals surface area contributed by atoms with E-state index < -0.39 is 12.1 Å². The Hall–Kier alpha value is -0.480. The zero-order chi connectivity index (χ0) is 11.6. The molecule has 0 aromatic heterocycles. The van der Waals surface area contributed by atoms with Gasteiger partial charge < -0.3 is 15.9 Å². The first-order chi connectivity index (χ1) is 6.97. The first kappa shape index (κ1) is 15.5. The van der Waals surface area contributed by atoms with Crippen molar-refractivity contribution in [3.63, 3.8) is 0 Å². The Balaban J connectivity index is 0.00000225. The van der Waals surface area contributed by atoms with Gasteiger partial charge in [-0.15, -0.1) is 12.4 Å². The Morgan fingerprint density at radius 3 is 2.50 bits per heavy atom. The summed E-state index contributed by atoms with van der Waals surface area (Å²) in [5.41, 5.74) is 6.98. The van der Waals surface area contributed by atoms with Gasteiger partial charge in [-0.25, -0.2) is 0 Å². The van der Waals surface area contributed by atoms with Crippen LogP contribution in [0.25, 0.3) is 0 Å². The third kappa shape index (κ3) is 3.25. The van der Waals surface area contributed by atoms with Crippen LogP contribution in [0.3, 0.4) is 0 Å². The Bertz CT molecular complexity index is 358. The largest absolute Gasteiger partial charge is 0.507 e. The van der Waals surface area contributed by atoms with E-state index in [2.05, 4.69) is 0 Å². The van der Waals surface area contributed by atoms with Crippen LogP contribution in [0.2, 0.25) is 5.02 Å². The maximum Gasteiger partial charge on any atom is 0.123 e. The van der Waals surface area contributed by atoms with E-state index in [-0.39, 0.29) is 18.2 Å². The van der Waals surface area contributed by atoms with Crippen molar-refractivity contribution in [3.8, 4) is 5.75 Å². The van der Waals surface area contributed by atoms with Crippen LogP contribution >= 0.6 is 24.0 Å². The van der Waals surface area contributed by atoms with Gasteiger partial charge in [0.2, 0.25) is 0 Å². The Labute approximate surface area is 107 Å². The molecule has 0 unspecified atom stereocenters. The molecular formula is C11H17Cl2NO2. The molecule has 0 aliphatic heterocycles. The van der Waals surface area contributed by atoms with E-state index in [1.807, 2.05) is 6.92 Å². The minimum Gasteiger partial charge on any atom is -0.507 e. The van der Waals surface area contributed by atoms with Gasteiger partial charge in [0.1, 0.15) is 5.75 Å². The number of benzene rings is 1. The lowest BCUT2D eigenvalue weighted by molar-refractivity contribution is 0.139. The fourth-order valence-corrected chi connectivity index (χ4v) is 1.76. The lowest BCUT2D eigenvalue weighted by Crippen LogP contribution is -2.25. The summed E-state index contributed by atoms with van der Waals surface area (Å²) in [5, 5.41) is 19.9. The average Bonchev–Trinajstić information content (AvgIpc) is 2.21. The summed E-state index contributed by atoms with van der Waals surface area (Å²) in [6.45, 7) is 3.58. The van der Waals surface area contributed by atoms with Gasteiger partial charge in [-0.05, 0) is 31.0 Å². The third-order valence-corrected chi connectivity index (χ3v) is 2.70. The number of aromatic hydroxyl groups is 1. The SMILES string of the molecule is CC[C@H](O)[C@H](N)c1cc(Cl)cc(C)c1O.Cl. The summed E-state index contributed by atoms with van der Waals surface area (Å²) in [5.74, 6) is 0.111. The summed E-state index contributed by atoms with van der Waals surface area (Å²) in [6.07, 6.45) is -0.139. The van der Waals surface area contributed by atoms with Crippen molar-refractivity contribution in [2.75, 3.05) is 0 Å². The lowest BCUT2D eigenvalue weighted by atomic mass is 9.98. The summed E-state index contributed by atoms with van der Waals surface area (Å²) in [4.78, 5) is 0. The van der Waals surface area contributed by atoms with E-state index >= 15 is 0 Å². The molecule has 2 atom stereocenters. The van der Waals surface area contributed by atoms with E-state index in [1.165, 1.54) is 0 Å². The van der Waals surface area contributed by atoms with E-state index in [0.717, 1.165) is 0 Å². The highest BCUT2D eigenvalue weighted by Crippen LogP contribution is 2.31. The van der Waals surface area contributed by atoms with Gasteiger partial charge in [-0.2, -0.15) is 0 Å². The van der Waals surface area contributed by atoms with Crippen LogP contribution in [-0.4, -0.2) is 16.3 Å². The van der Waals surface area contributed by atoms with Crippen LogP contribution in [0, 0.1) is 6.92 Å². The summed E-state index contributed by atoms with van der Waals surface area (Å²) in [6, 6.07) is 2.64. The lowest BCUT2D eigenvalue weighted by Gasteiger charge is -2.19. The number of aryl methyl sites for hydroxylation is 1. The molecule has 0 aliphatic carbocycles. The highest BCUT2D eigenvalue weighted by molar-refractivity contribution is 6.30. The zero-order valence-corrected chi connectivity index (χ0v) is 10.8. The van der Waals surface area contributed by atoms with Crippen molar-refractivity contribution in [1.82, 2.24) is 0 Å². The molecule has 1 aromatic rings. The number of phenols is 1. The van der Waals surface area contributed by atoms with Crippen molar-refractivity contribution in [1.29, 1.82) is 0 Å². The van der Waals surface area contributed by atoms with Gasteiger partial charge in [0.25, 0.3) is 0 Å². The second-order valence-corrected chi connectivity index (χ2v) is 4.10. The molecule has 0 heterocycles. The maximum atomic E-state index is 9.79. The van der Waals surface area contributed by atoms with Crippen LogP contribution in [0.1, 0.15) is 30.5 Å². The highest BCUT2D eigenvalue weighted by Gasteiger charge is 2.19. The van der Waals surface area contributed by atoms with Crippen LogP contribution in [0.15, 0.2) is 12.1 Å². The molecular weight excluding hydrogens is 249 g/mol. The van der Waals surface area contributed by atoms with Gasteiger partial charge in [-0.1, -0.05) is 18.5 Å². The number of aliphatic hydroxyl groups is 1. The van der Waals surface area contributed by atoms with Gasteiger partial charge >= 0.3 is 0 Å². The first-order valence-corrected chi connectivity index (χ1v) is 5.27. The predicted molar refractivity (Wildman–Crippen MR) is 68.3 cm³/mol. The van der Waals surface area contributed by atoms with E-state index in [9.17, 15) is 10.2 Å². The van der Waals surface area contributed by atoms with Gasteiger partial charge in [-0.3, -0.25) is 0 Å². The fourth-order valence-electron chi connectivity index (χ4n) is 1.48. The third-order valence-electron chi connectivity index (χ3n) is 2.49. The van der Waals surface area contributed by atoms with Crippen molar-refractivity contribution >= 4 is 24.0 Å². The van der Waals surface area contributed by atoms with Crippen LogP contribution in [0.4, 0.5) is 0 Å². The maximum absolute atomic E-state index is 9.79. The van der Waals surface area contributed by atoms with E-state index in [0.29, 0.717) is 22.6 Å². The summed E-state index contributed by atoms with van der Waals surface area (Å²) >= 11 is 5.87. The molecule has 0 bridgehead atoms. The topological polar surface area (TPSA) is 66.5 Å². The smallest absolute Gasteiger partial charge is 0.123 e. The molecule has 5 heteroatoms. The number of nitrogens with two attached hydrogens (primary N) is 1. The molecule has 4 N–H and O–H groups in total. The number of rotatable bonds is 3. The Morgan fingerprint density at radius 1 is 1.44 bits per heavy atom. The zero-order valence-electron chi connectivity index (χ0n) is 9.27. The van der Waals surface area contributed by atoms with Crippen molar-refractivity contribution in [3.05, 3.63) is 28.3 Å². The van der Waals surface area contributed by atoms with Crippen LogP contribution in [-0.2, 0) is 0 Å². The van der Waals surface area contributed by atoms with Crippen molar-refractivity contribution in [2.24, 2.45) is 5.73 Å². The van der Waals surface area contributed by atoms with Crippen molar-refractivity contribution < 1.29 is 10.2 Å². The van der Waals surface area contributed by atoms with Crippen LogP contribution in [0.5, 0.6) is 5.75 Å². The van der Waals surface area contributed by atoms with E-state index in [4.69, 9.17) is 17.3 Å². The molecule has 1 aromatic carbocycles. The second kappa shape index (κ2) is 6.30. The summed E-state index contributed by atoms with van der Waals surface area (Å²) < 4.78 is 0. The summed E-state index contributed by atoms with van der Waals surface area (Å²) in [7, 11) is 0. The molecule has 16 heavy (non-hydrogen) atoms. The highest BCUT2D eigenvalue weighted by atomic mass is 35.5. The molecule has 0 saturated carbocycles. The van der Waals surface area contributed by atoms with Gasteiger partial charge in [0, 0.05) is 10.6 Å². The number of phenolic OH excluding ortho intramolecular Hbond substituents is 1. The molecule has 0 radical (unpaired) electrons. The number of aliphatic hydroxyl groups excluding tert-OH is 1. The molecule has 3 nitrogen and oxygen atoms in total. The monoisotopic (exact) mass is 265 g/mol. The van der Waals surface area contributed by atoms with Gasteiger partial charge in [0.15, 0.2) is 0 Å².